The Morgan fingerprint density at radius 1 is 0.960 bits per heavy atom. The Hall–Kier alpha value is -2.96. The maximum absolute atomic E-state index is 5.36. The smallest absolute Gasteiger partial charge is 0.225 e. The molecule has 0 amide bonds. The van der Waals surface area contributed by atoms with Crippen LogP contribution in [0.3, 0.4) is 0 Å². The number of anilines is 2. The van der Waals surface area contributed by atoms with Gasteiger partial charge in [0.15, 0.2) is 0 Å². The third-order valence-corrected chi connectivity index (χ3v) is 4.49. The minimum Gasteiger partial charge on any atom is -0.480 e. The van der Waals surface area contributed by atoms with Gasteiger partial charge in [0.25, 0.3) is 0 Å². The molecular formula is C18H20N6O. The number of benzene rings is 1. The fraction of sp³-hybridized carbons (Fsp3) is 0.333. The summed E-state index contributed by atoms with van der Waals surface area (Å²) in [5.74, 6) is 1.42. The van der Waals surface area contributed by atoms with Crippen molar-refractivity contribution in [3.05, 3.63) is 42.5 Å². The summed E-state index contributed by atoms with van der Waals surface area (Å²) in [6.45, 7) is 5.61. The summed E-state index contributed by atoms with van der Waals surface area (Å²) in [5, 5.41) is 0.937. The molecule has 128 valence electrons. The maximum Gasteiger partial charge on any atom is 0.225 e. The number of aromatic nitrogens is 4. The molecule has 7 heteroatoms. The third-order valence-electron chi connectivity index (χ3n) is 4.49. The highest BCUT2D eigenvalue weighted by Crippen LogP contribution is 2.27. The Morgan fingerprint density at radius 2 is 1.76 bits per heavy atom. The molecule has 1 aromatic carbocycles. The van der Waals surface area contributed by atoms with E-state index in [1.54, 1.807) is 7.11 Å². The first-order valence-corrected chi connectivity index (χ1v) is 8.33. The molecule has 25 heavy (non-hydrogen) atoms. The van der Waals surface area contributed by atoms with Crippen LogP contribution in [-0.2, 0) is 0 Å². The molecule has 4 rings (SSSR count). The van der Waals surface area contributed by atoms with Gasteiger partial charge < -0.3 is 14.5 Å². The Balaban J connectivity index is 1.53. The minimum absolute atomic E-state index is 0.610. The van der Waals surface area contributed by atoms with Crippen molar-refractivity contribution in [2.45, 2.75) is 6.92 Å². The fourth-order valence-electron chi connectivity index (χ4n) is 3.13. The molecule has 1 aliphatic heterocycles. The number of rotatable bonds is 3. The van der Waals surface area contributed by atoms with Crippen LogP contribution in [0.25, 0.3) is 10.9 Å². The van der Waals surface area contributed by atoms with Gasteiger partial charge in [-0.25, -0.2) is 19.9 Å². The Labute approximate surface area is 146 Å². The highest BCUT2D eigenvalue weighted by atomic mass is 16.5. The molecular weight excluding hydrogens is 316 g/mol. The average molecular weight is 336 g/mol. The first-order chi connectivity index (χ1) is 12.2. The second-order valence-corrected chi connectivity index (χ2v) is 6.06. The standard InChI is InChI=1S/C18H20N6O/c1-13-5-6-19-18(22-13)24-9-7-23(8-10-24)14-3-4-16-15(11-14)17(25-2)21-12-20-16/h3-6,11-12H,7-10H2,1-2H3. The Bertz CT molecular complexity index is 892. The molecule has 1 aliphatic rings. The first kappa shape index (κ1) is 15.6. The van der Waals surface area contributed by atoms with Crippen LogP contribution in [0, 0.1) is 6.92 Å². The molecule has 0 radical (unpaired) electrons. The topological polar surface area (TPSA) is 67.3 Å². The number of fused-ring (bicyclic) bond motifs is 1. The fourth-order valence-corrected chi connectivity index (χ4v) is 3.13. The lowest BCUT2D eigenvalue weighted by molar-refractivity contribution is 0.402. The van der Waals surface area contributed by atoms with E-state index in [9.17, 15) is 0 Å². The zero-order valence-electron chi connectivity index (χ0n) is 14.4. The molecule has 0 spiro atoms. The van der Waals surface area contributed by atoms with E-state index in [0.29, 0.717) is 5.88 Å². The zero-order valence-corrected chi connectivity index (χ0v) is 14.4. The summed E-state index contributed by atoms with van der Waals surface area (Å²) in [4.78, 5) is 22.0. The molecule has 1 fully saturated rings. The van der Waals surface area contributed by atoms with Gasteiger partial charge in [0.1, 0.15) is 6.33 Å². The lowest BCUT2D eigenvalue weighted by Crippen LogP contribution is -2.47. The molecule has 7 nitrogen and oxygen atoms in total. The van der Waals surface area contributed by atoms with Crippen molar-refractivity contribution >= 4 is 22.5 Å². The van der Waals surface area contributed by atoms with Crippen molar-refractivity contribution < 1.29 is 4.74 Å². The van der Waals surface area contributed by atoms with Gasteiger partial charge in [-0.2, -0.15) is 0 Å². The lowest BCUT2D eigenvalue weighted by atomic mass is 10.2. The van der Waals surface area contributed by atoms with E-state index in [1.807, 2.05) is 25.3 Å². The van der Waals surface area contributed by atoms with Crippen LogP contribution in [0.2, 0.25) is 0 Å². The van der Waals surface area contributed by atoms with E-state index in [4.69, 9.17) is 4.74 Å². The van der Waals surface area contributed by atoms with Crippen molar-refractivity contribution in [3.63, 3.8) is 0 Å². The van der Waals surface area contributed by atoms with Gasteiger partial charge >= 0.3 is 0 Å². The number of hydrogen-bond acceptors (Lipinski definition) is 7. The summed E-state index contributed by atoms with van der Waals surface area (Å²) >= 11 is 0. The number of ether oxygens (including phenoxy) is 1. The molecule has 0 aliphatic carbocycles. The monoisotopic (exact) mass is 336 g/mol. The van der Waals surface area contributed by atoms with Gasteiger partial charge in [0.2, 0.25) is 11.8 Å². The van der Waals surface area contributed by atoms with Crippen LogP contribution in [0.4, 0.5) is 11.6 Å². The molecule has 3 aromatic rings. The summed E-state index contributed by atoms with van der Waals surface area (Å²) in [6.07, 6.45) is 3.35. The molecule has 3 heterocycles. The molecule has 0 N–H and O–H groups in total. The maximum atomic E-state index is 5.36. The molecule has 1 saturated heterocycles. The van der Waals surface area contributed by atoms with Gasteiger partial charge in [0.05, 0.1) is 18.0 Å². The highest BCUT2D eigenvalue weighted by molar-refractivity contribution is 5.86. The second-order valence-electron chi connectivity index (χ2n) is 6.06. The SMILES string of the molecule is COc1ncnc2ccc(N3CCN(c4nccc(C)n4)CC3)cc12. The summed E-state index contributed by atoms with van der Waals surface area (Å²) in [5.41, 5.74) is 3.04. The number of aryl methyl sites for hydroxylation is 1. The summed E-state index contributed by atoms with van der Waals surface area (Å²) in [6, 6.07) is 8.15. The average Bonchev–Trinajstić information content (AvgIpc) is 2.67. The number of hydrogen-bond donors (Lipinski definition) is 0. The predicted molar refractivity (Wildman–Crippen MR) is 97.3 cm³/mol. The molecule has 0 atom stereocenters. The van der Waals surface area contributed by atoms with Crippen molar-refractivity contribution in [1.82, 2.24) is 19.9 Å². The summed E-state index contributed by atoms with van der Waals surface area (Å²) < 4.78 is 5.36. The quantitative estimate of drug-likeness (QED) is 0.725. The zero-order chi connectivity index (χ0) is 17.2. The van der Waals surface area contributed by atoms with Crippen LogP contribution >= 0.6 is 0 Å². The first-order valence-electron chi connectivity index (χ1n) is 8.33. The number of nitrogens with zero attached hydrogens (tertiary/aromatic N) is 6. The van der Waals surface area contributed by atoms with E-state index in [0.717, 1.165) is 54.4 Å². The molecule has 0 bridgehead atoms. The third kappa shape index (κ3) is 3.05. The normalized spacial score (nSPS) is 14.8. The minimum atomic E-state index is 0.610. The van der Waals surface area contributed by atoms with E-state index < -0.39 is 0 Å². The number of methoxy groups -OCH3 is 1. The predicted octanol–water partition coefficient (Wildman–Crippen LogP) is 2.06. The van der Waals surface area contributed by atoms with E-state index in [-0.39, 0.29) is 0 Å². The van der Waals surface area contributed by atoms with Crippen LogP contribution < -0.4 is 14.5 Å². The van der Waals surface area contributed by atoms with E-state index >= 15 is 0 Å². The summed E-state index contributed by atoms with van der Waals surface area (Å²) in [7, 11) is 1.63. The van der Waals surface area contributed by atoms with Gasteiger partial charge in [-0.15, -0.1) is 0 Å². The number of piperazine rings is 1. The van der Waals surface area contributed by atoms with Crippen molar-refractivity contribution in [2.75, 3.05) is 43.1 Å². The van der Waals surface area contributed by atoms with Gasteiger partial charge in [-0.1, -0.05) is 0 Å². The van der Waals surface area contributed by atoms with Crippen LogP contribution in [-0.4, -0.2) is 53.2 Å². The lowest BCUT2D eigenvalue weighted by Gasteiger charge is -2.36. The highest BCUT2D eigenvalue weighted by Gasteiger charge is 2.20. The Kier molecular flexibility index (Phi) is 4.05. The van der Waals surface area contributed by atoms with Crippen molar-refractivity contribution in [2.24, 2.45) is 0 Å². The van der Waals surface area contributed by atoms with Crippen molar-refractivity contribution in [1.29, 1.82) is 0 Å². The molecule has 0 saturated carbocycles. The Morgan fingerprint density at radius 3 is 2.52 bits per heavy atom. The van der Waals surface area contributed by atoms with Crippen LogP contribution in [0.1, 0.15) is 5.69 Å². The van der Waals surface area contributed by atoms with E-state index in [2.05, 4.69) is 41.9 Å². The largest absolute Gasteiger partial charge is 0.480 e. The van der Waals surface area contributed by atoms with Gasteiger partial charge in [-0.05, 0) is 31.2 Å². The van der Waals surface area contributed by atoms with E-state index in [1.165, 1.54) is 6.33 Å². The van der Waals surface area contributed by atoms with Gasteiger partial charge in [0, 0.05) is 43.8 Å². The van der Waals surface area contributed by atoms with Crippen LogP contribution in [0.15, 0.2) is 36.8 Å². The van der Waals surface area contributed by atoms with Crippen molar-refractivity contribution in [3.8, 4) is 5.88 Å². The molecule has 0 unspecified atom stereocenters. The second kappa shape index (κ2) is 6.51. The molecule has 2 aromatic heterocycles. The van der Waals surface area contributed by atoms with Gasteiger partial charge in [-0.3, -0.25) is 0 Å². The van der Waals surface area contributed by atoms with Crippen LogP contribution in [0.5, 0.6) is 5.88 Å².